The van der Waals surface area contributed by atoms with Crippen LogP contribution in [0.2, 0.25) is 5.02 Å². The highest BCUT2D eigenvalue weighted by Gasteiger charge is 2.28. The molecule has 0 saturated carbocycles. The Morgan fingerprint density at radius 2 is 1.50 bits per heavy atom. The molecule has 0 atom stereocenters. The first-order valence-corrected chi connectivity index (χ1v) is 8.66. The van der Waals surface area contributed by atoms with Gasteiger partial charge >= 0.3 is 0 Å². The number of halogens is 1. The van der Waals surface area contributed by atoms with Crippen LogP contribution in [0.25, 0.3) is 22.3 Å². The summed E-state index contributed by atoms with van der Waals surface area (Å²) in [4.78, 5) is 0. The molecule has 1 aliphatic carbocycles. The quantitative estimate of drug-likeness (QED) is 0.617. The molecule has 3 aromatic carbocycles. The lowest BCUT2D eigenvalue weighted by Gasteiger charge is -2.26. The van der Waals surface area contributed by atoms with Gasteiger partial charge in [-0.05, 0) is 47.2 Å². The van der Waals surface area contributed by atoms with E-state index in [4.69, 9.17) is 17.3 Å². The highest BCUT2D eigenvalue weighted by atomic mass is 35.5. The van der Waals surface area contributed by atoms with Gasteiger partial charge in [-0.3, -0.25) is 0 Å². The predicted octanol–water partition coefficient (Wildman–Crippen LogP) is 5.10. The van der Waals surface area contributed by atoms with Crippen molar-refractivity contribution in [2.24, 2.45) is 0 Å². The van der Waals surface area contributed by atoms with E-state index in [0.29, 0.717) is 16.1 Å². The summed E-state index contributed by atoms with van der Waals surface area (Å²) in [7, 11) is 0. The molecule has 0 amide bonds. The molecule has 0 radical (unpaired) electrons. The number of hydrogen-bond acceptors (Lipinski definition) is 3. The normalized spacial score (nSPS) is 11.8. The first kappa shape index (κ1) is 16.2. The van der Waals surface area contributed by atoms with Crippen molar-refractivity contribution in [2.45, 2.75) is 12.8 Å². The number of fused-ring (bicyclic) bond motifs is 3. The van der Waals surface area contributed by atoms with E-state index in [1.807, 2.05) is 30.3 Å². The Bertz CT molecular complexity index is 1120. The van der Waals surface area contributed by atoms with E-state index in [1.54, 1.807) is 12.1 Å². The average molecular weight is 356 g/mol. The summed E-state index contributed by atoms with van der Waals surface area (Å²) in [6, 6.07) is 19.9. The zero-order valence-corrected chi connectivity index (χ0v) is 14.6. The van der Waals surface area contributed by atoms with Crippen LogP contribution in [0.3, 0.4) is 0 Å². The fourth-order valence-corrected chi connectivity index (χ4v) is 3.90. The molecule has 0 fully saturated rings. The second-order valence-corrected chi connectivity index (χ2v) is 6.72. The Morgan fingerprint density at radius 1 is 0.846 bits per heavy atom. The van der Waals surface area contributed by atoms with Crippen LogP contribution in [-0.2, 0) is 12.8 Å². The lowest BCUT2D eigenvalue weighted by Crippen LogP contribution is -2.11. The van der Waals surface area contributed by atoms with Gasteiger partial charge in [0.15, 0.2) is 0 Å². The molecule has 0 heterocycles. The van der Waals surface area contributed by atoms with E-state index in [-0.39, 0.29) is 5.69 Å². The minimum Gasteiger partial charge on any atom is -0.397 e. The van der Waals surface area contributed by atoms with Crippen molar-refractivity contribution < 1.29 is 0 Å². The molecule has 124 valence electrons. The minimum atomic E-state index is 0.246. The number of benzene rings is 3. The van der Waals surface area contributed by atoms with Gasteiger partial charge in [-0.1, -0.05) is 48.0 Å². The van der Waals surface area contributed by atoms with Gasteiger partial charge in [0.2, 0.25) is 0 Å². The summed E-state index contributed by atoms with van der Waals surface area (Å²) >= 11 is 6.03. The first-order valence-electron chi connectivity index (χ1n) is 8.28. The van der Waals surface area contributed by atoms with Gasteiger partial charge < -0.3 is 5.73 Å². The maximum atomic E-state index is 9.77. The lowest BCUT2D eigenvalue weighted by atomic mass is 9.77. The van der Waals surface area contributed by atoms with Crippen LogP contribution in [0, 0.1) is 22.7 Å². The van der Waals surface area contributed by atoms with Crippen molar-refractivity contribution in [1.29, 1.82) is 10.5 Å². The zero-order chi connectivity index (χ0) is 18.3. The van der Waals surface area contributed by atoms with Crippen molar-refractivity contribution in [3.8, 4) is 34.4 Å². The van der Waals surface area contributed by atoms with E-state index in [1.165, 1.54) is 5.56 Å². The standard InChI is InChI=1S/C22H14ClN3/c23-15-8-5-14(6-9-15)20-17-10-7-13-3-1-2-4-16(13)21(17)19(12-25)22(26)18(20)11-24/h1-6,8-9H,7,10,26H2. The van der Waals surface area contributed by atoms with Crippen LogP contribution in [0.1, 0.15) is 22.3 Å². The van der Waals surface area contributed by atoms with Crippen LogP contribution >= 0.6 is 11.6 Å². The Kier molecular flexibility index (Phi) is 3.88. The molecule has 1 aliphatic rings. The van der Waals surface area contributed by atoms with E-state index in [0.717, 1.165) is 40.7 Å². The van der Waals surface area contributed by atoms with Crippen LogP contribution in [-0.4, -0.2) is 0 Å². The summed E-state index contributed by atoms with van der Waals surface area (Å²) in [5.74, 6) is 0. The van der Waals surface area contributed by atoms with Crippen molar-refractivity contribution in [1.82, 2.24) is 0 Å². The van der Waals surface area contributed by atoms with Gasteiger partial charge in [-0.15, -0.1) is 0 Å². The molecule has 3 aromatic rings. The molecule has 0 unspecified atom stereocenters. The van der Waals surface area contributed by atoms with Crippen molar-refractivity contribution >= 4 is 17.3 Å². The molecule has 0 bridgehead atoms. The van der Waals surface area contributed by atoms with Crippen LogP contribution in [0.4, 0.5) is 5.69 Å². The van der Waals surface area contributed by atoms with Gasteiger partial charge in [-0.25, -0.2) is 0 Å². The van der Waals surface area contributed by atoms with Gasteiger partial charge in [-0.2, -0.15) is 10.5 Å². The SMILES string of the molecule is N#Cc1c(N)c(C#N)c2c(c1-c1ccc(Cl)cc1)CCc1ccccc1-2. The monoisotopic (exact) mass is 355 g/mol. The fourth-order valence-electron chi connectivity index (χ4n) is 3.78. The topological polar surface area (TPSA) is 73.6 Å². The number of nitriles is 2. The number of nitrogen functional groups attached to an aromatic ring is 1. The third-order valence-corrected chi connectivity index (χ3v) is 5.18. The number of nitrogens with zero attached hydrogens (tertiary/aromatic N) is 2. The average Bonchev–Trinajstić information content (AvgIpc) is 2.67. The third kappa shape index (κ3) is 2.34. The highest BCUT2D eigenvalue weighted by Crippen LogP contribution is 2.45. The second kappa shape index (κ2) is 6.23. The third-order valence-electron chi connectivity index (χ3n) is 4.93. The van der Waals surface area contributed by atoms with Gasteiger partial charge in [0.05, 0.1) is 16.8 Å². The summed E-state index contributed by atoms with van der Waals surface area (Å²) in [5.41, 5.74) is 13.1. The number of hydrogen-bond donors (Lipinski definition) is 1. The lowest BCUT2D eigenvalue weighted by molar-refractivity contribution is 0.942. The maximum absolute atomic E-state index is 9.77. The Hall–Kier alpha value is -3.27. The molecule has 2 N–H and O–H groups in total. The molecular weight excluding hydrogens is 342 g/mol. The summed E-state index contributed by atoms with van der Waals surface area (Å²) in [6.07, 6.45) is 1.62. The Morgan fingerprint density at radius 3 is 2.19 bits per heavy atom. The molecule has 3 nitrogen and oxygen atoms in total. The smallest absolute Gasteiger partial charge is 0.102 e. The zero-order valence-electron chi connectivity index (χ0n) is 13.9. The summed E-state index contributed by atoms with van der Waals surface area (Å²) < 4.78 is 0. The largest absolute Gasteiger partial charge is 0.397 e. The van der Waals surface area contributed by atoms with Crippen LogP contribution in [0.5, 0.6) is 0 Å². The molecule has 0 aromatic heterocycles. The Balaban J connectivity index is 2.15. The Labute approximate surface area is 156 Å². The highest BCUT2D eigenvalue weighted by molar-refractivity contribution is 6.30. The van der Waals surface area contributed by atoms with E-state index >= 15 is 0 Å². The number of anilines is 1. The van der Waals surface area contributed by atoms with Gasteiger partial charge in [0, 0.05) is 16.1 Å². The van der Waals surface area contributed by atoms with Gasteiger partial charge in [0.25, 0.3) is 0 Å². The van der Waals surface area contributed by atoms with Crippen molar-refractivity contribution in [2.75, 3.05) is 5.73 Å². The van der Waals surface area contributed by atoms with Crippen molar-refractivity contribution in [3.63, 3.8) is 0 Å². The molecule has 26 heavy (non-hydrogen) atoms. The predicted molar refractivity (Wildman–Crippen MR) is 104 cm³/mol. The van der Waals surface area contributed by atoms with E-state index < -0.39 is 0 Å². The van der Waals surface area contributed by atoms with Crippen LogP contribution in [0.15, 0.2) is 48.5 Å². The minimum absolute atomic E-state index is 0.246. The number of rotatable bonds is 1. The molecular formula is C22H14ClN3. The van der Waals surface area contributed by atoms with Crippen molar-refractivity contribution in [3.05, 3.63) is 75.8 Å². The number of nitrogens with two attached hydrogens (primary N) is 1. The molecule has 4 heteroatoms. The molecule has 0 saturated heterocycles. The second-order valence-electron chi connectivity index (χ2n) is 6.28. The van der Waals surface area contributed by atoms with Crippen LogP contribution < -0.4 is 5.73 Å². The number of aryl methyl sites for hydroxylation is 1. The molecule has 0 aliphatic heterocycles. The molecule has 4 rings (SSSR count). The van der Waals surface area contributed by atoms with E-state index in [2.05, 4.69) is 18.2 Å². The summed E-state index contributed by atoms with van der Waals surface area (Å²) in [6.45, 7) is 0. The van der Waals surface area contributed by atoms with Gasteiger partial charge in [0.1, 0.15) is 12.1 Å². The molecule has 0 spiro atoms. The first-order chi connectivity index (χ1) is 12.7. The fraction of sp³-hybridized carbons (Fsp3) is 0.0909. The van der Waals surface area contributed by atoms with E-state index in [9.17, 15) is 10.5 Å². The summed E-state index contributed by atoms with van der Waals surface area (Å²) in [5, 5.41) is 20.2. The maximum Gasteiger partial charge on any atom is 0.102 e.